The van der Waals surface area contributed by atoms with Gasteiger partial charge >= 0.3 is 6.18 Å². The zero-order chi connectivity index (χ0) is 18.8. The molecule has 0 bridgehead atoms. The molecule has 2 aromatic heterocycles. The van der Waals surface area contributed by atoms with Crippen molar-refractivity contribution >= 4 is 34.0 Å². The van der Waals surface area contributed by atoms with Crippen LogP contribution < -0.4 is 4.90 Å². The monoisotopic (exact) mass is 389 g/mol. The van der Waals surface area contributed by atoms with E-state index in [1.807, 2.05) is 6.26 Å². The lowest BCUT2D eigenvalue weighted by atomic mass is 9.94. The van der Waals surface area contributed by atoms with Crippen molar-refractivity contribution < 1.29 is 18.0 Å². The fourth-order valence-electron chi connectivity index (χ4n) is 2.31. The van der Waals surface area contributed by atoms with E-state index in [9.17, 15) is 18.0 Å². The maximum absolute atomic E-state index is 13.4. The van der Waals surface area contributed by atoms with Gasteiger partial charge < -0.3 is 4.90 Å². The zero-order valence-corrected chi connectivity index (χ0v) is 15.8. The molecular weight excluding hydrogens is 371 g/mol. The summed E-state index contributed by atoms with van der Waals surface area (Å²) in [7, 11) is 1.36. The fraction of sp³-hybridized carbons (Fsp3) is 0.438. The molecule has 0 unspecified atom stereocenters. The summed E-state index contributed by atoms with van der Waals surface area (Å²) in [6, 6.07) is 3.26. The van der Waals surface area contributed by atoms with Crippen molar-refractivity contribution in [1.29, 1.82) is 0 Å². The SMILES string of the molecule is CSCC(C)(C)C(=O)N(C)c1sc(-c2cccnc2)nc1C(F)(F)F. The van der Waals surface area contributed by atoms with Crippen molar-refractivity contribution in [3.63, 3.8) is 0 Å². The van der Waals surface area contributed by atoms with Crippen LogP contribution in [-0.2, 0) is 11.0 Å². The molecule has 0 aromatic carbocycles. The Morgan fingerprint density at radius 2 is 2.04 bits per heavy atom. The first-order valence-electron chi connectivity index (χ1n) is 7.33. The molecule has 0 saturated heterocycles. The van der Waals surface area contributed by atoms with Gasteiger partial charge in [-0.25, -0.2) is 4.98 Å². The van der Waals surface area contributed by atoms with E-state index in [-0.39, 0.29) is 15.9 Å². The molecule has 2 heterocycles. The van der Waals surface area contributed by atoms with E-state index in [0.29, 0.717) is 11.3 Å². The van der Waals surface area contributed by atoms with Crippen molar-refractivity contribution in [2.45, 2.75) is 20.0 Å². The average Bonchev–Trinajstić information content (AvgIpc) is 3.00. The van der Waals surface area contributed by atoms with Gasteiger partial charge in [-0.1, -0.05) is 25.2 Å². The van der Waals surface area contributed by atoms with Gasteiger partial charge in [0.05, 0.1) is 5.41 Å². The molecule has 136 valence electrons. The van der Waals surface area contributed by atoms with E-state index in [0.717, 1.165) is 16.2 Å². The van der Waals surface area contributed by atoms with Gasteiger partial charge in [-0.3, -0.25) is 9.78 Å². The van der Waals surface area contributed by atoms with Crippen molar-refractivity contribution in [2.24, 2.45) is 5.41 Å². The van der Waals surface area contributed by atoms with E-state index in [4.69, 9.17) is 0 Å². The molecule has 2 rings (SSSR count). The van der Waals surface area contributed by atoms with Crippen LogP contribution in [0.2, 0.25) is 0 Å². The minimum absolute atomic E-state index is 0.178. The van der Waals surface area contributed by atoms with Crippen LogP contribution in [0.4, 0.5) is 18.2 Å². The second-order valence-electron chi connectivity index (χ2n) is 6.09. The highest BCUT2D eigenvalue weighted by atomic mass is 32.2. The van der Waals surface area contributed by atoms with Crippen LogP contribution in [0.25, 0.3) is 10.6 Å². The van der Waals surface area contributed by atoms with Crippen molar-refractivity contribution in [3.05, 3.63) is 30.2 Å². The topological polar surface area (TPSA) is 46.1 Å². The van der Waals surface area contributed by atoms with E-state index in [1.165, 1.54) is 31.2 Å². The molecule has 9 heteroatoms. The number of thioether (sulfide) groups is 1. The number of aromatic nitrogens is 2. The van der Waals surface area contributed by atoms with Crippen LogP contribution in [0, 0.1) is 5.41 Å². The van der Waals surface area contributed by atoms with Crippen molar-refractivity contribution in [3.8, 4) is 10.6 Å². The van der Waals surface area contributed by atoms with Gasteiger partial charge in [-0.2, -0.15) is 24.9 Å². The van der Waals surface area contributed by atoms with E-state index in [2.05, 4.69) is 9.97 Å². The summed E-state index contributed by atoms with van der Waals surface area (Å²) in [5.74, 6) is 0.125. The summed E-state index contributed by atoms with van der Waals surface area (Å²) < 4.78 is 40.3. The second kappa shape index (κ2) is 7.33. The third-order valence-electron chi connectivity index (χ3n) is 3.48. The fourth-order valence-corrected chi connectivity index (χ4v) is 4.19. The molecule has 0 radical (unpaired) electrons. The summed E-state index contributed by atoms with van der Waals surface area (Å²) in [6.45, 7) is 3.44. The maximum Gasteiger partial charge on any atom is 0.436 e. The molecule has 1 amide bonds. The number of thiazole rings is 1. The summed E-state index contributed by atoms with van der Waals surface area (Å²) in [5.41, 5.74) is -1.35. The first kappa shape index (κ1) is 19.7. The average molecular weight is 389 g/mol. The highest BCUT2D eigenvalue weighted by Crippen LogP contribution is 2.43. The van der Waals surface area contributed by atoms with E-state index >= 15 is 0 Å². The lowest BCUT2D eigenvalue weighted by molar-refractivity contribution is -0.140. The molecule has 0 saturated carbocycles. The highest BCUT2D eigenvalue weighted by Gasteiger charge is 2.41. The van der Waals surface area contributed by atoms with Gasteiger partial charge in [0, 0.05) is 30.8 Å². The minimum atomic E-state index is -4.65. The van der Waals surface area contributed by atoms with Crippen molar-refractivity contribution in [1.82, 2.24) is 9.97 Å². The Morgan fingerprint density at radius 1 is 1.36 bits per heavy atom. The third-order valence-corrected chi connectivity index (χ3v) is 5.67. The van der Waals surface area contributed by atoms with Gasteiger partial charge in [0.15, 0.2) is 5.69 Å². The summed E-state index contributed by atoms with van der Waals surface area (Å²) >= 11 is 2.31. The maximum atomic E-state index is 13.4. The number of carbonyl (C=O) groups is 1. The molecule has 0 aliphatic heterocycles. The number of hydrogen-bond donors (Lipinski definition) is 0. The Bertz CT molecular complexity index is 745. The smallest absolute Gasteiger partial charge is 0.305 e. The molecule has 0 N–H and O–H groups in total. The minimum Gasteiger partial charge on any atom is -0.305 e. The van der Waals surface area contributed by atoms with Gasteiger partial charge in [-0.15, -0.1) is 0 Å². The molecule has 25 heavy (non-hydrogen) atoms. The van der Waals surface area contributed by atoms with Gasteiger partial charge in [0.2, 0.25) is 5.91 Å². The van der Waals surface area contributed by atoms with Gasteiger partial charge in [0.25, 0.3) is 0 Å². The normalized spacial score (nSPS) is 12.3. The summed E-state index contributed by atoms with van der Waals surface area (Å²) in [4.78, 5) is 21.4. The van der Waals surface area contributed by atoms with Crippen LogP contribution in [0.5, 0.6) is 0 Å². The number of halogens is 3. The summed E-state index contributed by atoms with van der Waals surface area (Å²) in [5, 5.41) is -0.0247. The molecule has 0 atom stereocenters. The number of rotatable bonds is 5. The molecule has 0 aliphatic carbocycles. The molecule has 0 aliphatic rings. The van der Waals surface area contributed by atoms with Crippen LogP contribution >= 0.6 is 23.1 Å². The van der Waals surface area contributed by atoms with Gasteiger partial charge in [-0.05, 0) is 18.4 Å². The molecule has 4 nitrogen and oxygen atoms in total. The first-order chi connectivity index (χ1) is 11.6. The first-order valence-corrected chi connectivity index (χ1v) is 9.54. The number of carbonyl (C=O) groups excluding carboxylic acids is 1. The Morgan fingerprint density at radius 3 is 2.56 bits per heavy atom. The second-order valence-corrected chi connectivity index (χ2v) is 7.94. The number of nitrogens with zero attached hydrogens (tertiary/aromatic N) is 3. The highest BCUT2D eigenvalue weighted by molar-refractivity contribution is 7.98. The Kier molecular flexibility index (Phi) is 5.78. The van der Waals surface area contributed by atoms with Crippen LogP contribution in [0.15, 0.2) is 24.5 Å². The number of pyridine rings is 1. The standard InChI is InChI=1S/C16H18F3N3OS2/c1-15(2,9-24-4)14(23)22(3)13-11(16(17,18)19)21-12(25-13)10-6-5-7-20-8-10/h5-8H,9H2,1-4H3. The Labute approximate surface area is 152 Å². The van der Waals surface area contributed by atoms with E-state index < -0.39 is 17.3 Å². The largest absolute Gasteiger partial charge is 0.436 e. The van der Waals surface area contributed by atoms with Crippen LogP contribution in [-0.4, -0.2) is 34.9 Å². The van der Waals surface area contributed by atoms with Gasteiger partial charge in [0.1, 0.15) is 10.0 Å². The zero-order valence-electron chi connectivity index (χ0n) is 14.2. The lowest BCUT2D eigenvalue weighted by Gasteiger charge is -2.28. The number of hydrogen-bond acceptors (Lipinski definition) is 5. The molecule has 0 spiro atoms. The number of alkyl halides is 3. The third kappa shape index (κ3) is 4.33. The number of amides is 1. The van der Waals surface area contributed by atoms with Crippen LogP contribution in [0.1, 0.15) is 19.5 Å². The predicted molar refractivity (Wildman–Crippen MR) is 95.9 cm³/mol. The summed E-state index contributed by atoms with van der Waals surface area (Å²) in [6.07, 6.45) is 0.180. The quantitative estimate of drug-likeness (QED) is 0.751. The van der Waals surface area contributed by atoms with Crippen LogP contribution in [0.3, 0.4) is 0 Å². The predicted octanol–water partition coefficient (Wildman–Crippen LogP) is 4.58. The van der Waals surface area contributed by atoms with E-state index in [1.54, 1.807) is 26.0 Å². The molecular formula is C16H18F3N3OS2. The number of anilines is 1. The Balaban J connectivity index is 2.49. The van der Waals surface area contributed by atoms with Crippen molar-refractivity contribution in [2.75, 3.05) is 24.0 Å². The Hall–Kier alpha value is -1.61. The lowest BCUT2D eigenvalue weighted by Crippen LogP contribution is -2.40. The molecule has 0 fully saturated rings. The molecule has 2 aromatic rings.